The van der Waals surface area contributed by atoms with Gasteiger partial charge in [0.15, 0.2) is 0 Å². The number of nitrogens with zero attached hydrogens (tertiary/aromatic N) is 2. The lowest BCUT2D eigenvalue weighted by Gasteiger charge is -2.32. The maximum atomic E-state index is 12.1. The van der Waals surface area contributed by atoms with Crippen LogP contribution in [0.5, 0.6) is 0 Å². The van der Waals surface area contributed by atoms with E-state index in [9.17, 15) is 9.59 Å². The van der Waals surface area contributed by atoms with Crippen molar-refractivity contribution in [1.29, 1.82) is 0 Å². The van der Waals surface area contributed by atoms with Gasteiger partial charge in [-0.15, -0.1) is 11.8 Å². The molecule has 6 nitrogen and oxygen atoms in total. The molecule has 1 aliphatic heterocycles. The van der Waals surface area contributed by atoms with Gasteiger partial charge in [0.25, 0.3) is 5.56 Å². The van der Waals surface area contributed by atoms with Crippen molar-refractivity contribution in [2.45, 2.75) is 56.7 Å². The van der Waals surface area contributed by atoms with E-state index >= 15 is 0 Å². The minimum atomic E-state index is -0.114. The van der Waals surface area contributed by atoms with Crippen LogP contribution in [-0.2, 0) is 4.79 Å². The van der Waals surface area contributed by atoms with Crippen molar-refractivity contribution in [3.05, 3.63) is 22.1 Å². The minimum absolute atomic E-state index is 0.114. The molecule has 24 heavy (non-hydrogen) atoms. The summed E-state index contributed by atoms with van der Waals surface area (Å²) >= 11 is 1.81. The molecule has 0 atom stereocenters. The number of amides is 1. The number of nitrogens with one attached hydrogen (secondary N) is 2. The van der Waals surface area contributed by atoms with Crippen LogP contribution in [0.25, 0.3) is 0 Å². The van der Waals surface area contributed by atoms with Crippen molar-refractivity contribution >= 4 is 23.6 Å². The van der Waals surface area contributed by atoms with Crippen LogP contribution in [0.3, 0.4) is 0 Å². The zero-order chi connectivity index (χ0) is 16.9. The molecule has 0 spiro atoms. The Morgan fingerprint density at radius 1 is 1.33 bits per heavy atom. The quantitative estimate of drug-likeness (QED) is 0.847. The Hall–Kier alpha value is -1.50. The molecule has 0 bridgehead atoms. The lowest BCUT2D eigenvalue weighted by atomic mass is 10.1. The van der Waals surface area contributed by atoms with E-state index in [1.807, 2.05) is 18.7 Å². The Bertz CT molecular complexity index is 619. The van der Waals surface area contributed by atoms with Gasteiger partial charge in [-0.3, -0.25) is 14.6 Å². The molecule has 7 heteroatoms. The van der Waals surface area contributed by atoms with E-state index in [0.29, 0.717) is 17.0 Å². The topological polar surface area (TPSA) is 78.1 Å². The molecule has 1 amide bonds. The van der Waals surface area contributed by atoms with Gasteiger partial charge in [-0.05, 0) is 32.6 Å². The zero-order valence-electron chi connectivity index (χ0n) is 14.2. The zero-order valence-corrected chi connectivity index (χ0v) is 15.0. The summed E-state index contributed by atoms with van der Waals surface area (Å²) in [6, 6.07) is 1.73. The van der Waals surface area contributed by atoms with Crippen LogP contribution in [0.4, 0.5) is 5.95 Å². The van der Waals surface area contributed by atoms with E-state index in [-0.39, 0.29) is 17.5 Å². The average Bonchev–Trinajstić information content (AvgIpc) is 3.06. The molecule has 1 saturated heterocycles. The Labute approximate surface area is 146 Å². The molecular formula is C17H26N4O2S. The van der Waals surface area contributed by atoms with Crippen molar-refractivity contribution in [2.24, 2.45) is 0 Å². The maximum Gasteiger partial charge on any atom is 0.252 e. The first-order valence-corrected chi connectivity index (χ1v) is 9.89. The van der Waals surface area contributed by atoms with Crippen molar-refractivity contribution < 1.29 is 4.79 Å². The number of piperidine rings is 1. The van der Waals surface area contributed by atoms with Crippen LogP contribution in [0.2, 0.25) is 0 Å². The number of rotatable bonds is 5. The fourth-order valence-electron chi connectivity index (χ4n) is 3.47. The predicted molar refractivity (Wildman–Crippen MR) is 97.7 cm³/mol. The number of hydrogen-bond donors (Lipinski definition) is 2. The second-order valence-corrected chi connectivity index (χ2v) is 8.05. The lowest BCUT2D eigenvalue weighted by Crippen LogP contribution is -2.46. The summed E-state index contributed by atoms with van der Waals surface area (Å²) in [7, 11) is 0. The number of carbonyl (C=O) groups excluding carboxylic acids is 1. The Kier molecular flexibility index (Phi) is 5.81. The predicted octanol–water partition coefficient (Wildman–Crippen LogP) is 1.84. The molecular weight excluding hydrogens is 324 g/mol. The first-order chi connectivity index (χ1) is 11.6. The first-order valence-electron chi connectivity index (χ1n) is 8.84. The molecule has 1 aromatic rings. The van der Waals surface area contributed by atoms with E-state index in [1.54, 1.807) is 0 Å². The molecule has 0 unspecified atom stereocenters. The van der Waals surface area contributed by atoms with Crippen molar-refractivity contribution in [3.8, 4) is 0 Å². The van der Waals surface area contributed by atoms with Gasteiger partial charge in [-0.1, -0.05) is 12.8 Å². The van der Waals surface area contributed by atoms with E-state index in [2.05, 4.69) is 20.2 Å². The van der Waals surface area contributed by atoms with Gasteiger partial charge in [0.1, 0.15) is 0 Å². The SMILES string of the molecule is Cc1cc(=O)[nH]c(N2CCC(NC(=O)CSC3CCCC3)CC2)n1. The largest absolute Gasteiger partial charge is 0.353 e. The second kappa shape index (κ2) is 8.05. The Morgan fingerprint density at radius 2 is 2.04 bits per heavy atom. The normalized spacial score (nSPS) is 19.6. The van der Waals surface area contributed by atoms with Crippen LogP contribution in [0.15, 0.2) is 10.9 Å². The molecule has 1 aromatic heterocycles. The highest BCUT2D eigenvalue weighted by Crippen LogP contribution is 2.29. The van der Waals surface area contributed by atoms with Gasteiger partial charge in [-0.2, -0.15) is 0 Å². The Morgan fingerprint density at radius 3 is 2.71 bits per heavy atom. The van der Waals surface area contributed by atoms with E-state index in [4.69, 9.17) is 0 Å². The lowest BCUT2D eigenvalue weighted by molar-refractivity contribution is -0.119. The van der Waals surface area contributed by atoms with Crippen LogP contribution < -0.4 is 15.8 Å². The third kappa shape index (κ3) is 4.75. The van der Waals surface area contributed by atoms with E-state index < -0.39 is 0 Å². The summed E-state index contributed by atoms with van der Waals surface area (Å²) in [4.78, 5) is 32.9. The molecule has 132 valence electrons. The van der Waals surface area contributed by atoms with Crippen LogP contribution in [0.1, 0.15) is 44.2 Å². The summed E-state index contributed by atoms with van der Waals surface area (Å²) in [5.74, 6) is 1.38. The highest BCUT2D eigenvalue weighted by atomic mass is 32.2. The Balaban J connectivity index is 1.43. The van der Waals surface area contributed by atoms with Crippen molar-refractivity contribution in [1.82, 2.24) is 15.3 Å². The second-order valence-electron chi connectivity index (χ2n) is 6.76. The van der Waals surface area contributed by atoms with Gasteiger partial charge in [0, 0.05) is 36.1 Å². The molecule has 1 aliphatic carbocycles. The van der Waals surface area contributed by atoms with Crippen LogP contribution in [-0.4, -0.2) is 46.0 Å². The summed E-state index contributed by atoms with van der Waals surface area (Å²) in [5.41, 5.74) is 0.616. The summed E-state index contributed by atoms with van der Waals surface area (Å²) in [6.07, 6.45) is 6.92. The van der Waals surface area contributed by atoms with Gasteiger partial charge in [0.05, 0.1) is 5.75 Å². The third-order valence-electron chi connectivity index (χ3n) is 4.77. The smallest absolute Gasteiger partial charge is 0.252 e. The van der Waals surface area contributed by atoms with Crippen molar-refractivity contribution in [2.75, 3.05) is 23.7 Å². The highest BCUT2D eigenvalue weighted by Gasteiger charge is 2.23. The molecule has 3 rings (SSSR count). The molecule has 1 saturated carbocycles. The number of anilines is 1. The fraction of sp³-hybridized carbons (Fsp3) is 0.706. The first kappa shape index (κ1) is 17.3. The number of aryl methyl sites for hydroxylation is 1. The molecule has 2 aliphatic rings. The van der Waals surface area contributed by atoms with Crippen molar-refractivity contribution in [3.63, 3.8) is 0 Å². The number of aromatic amines is 1. The van der Waals surface area contributed by atoms with E-state index in [1.165, 1.54) is 31.7 Å². The summed E-state index contributed by atoms with van der Waals surface area (Å²) in [6.45, 7) is 3.42. The van der Waals surface area contributed by atoms with Crippen LogP contribution in [0, 0.1) is 6.92 Å². The van der Waals surface area contributed by atoms with Gasteiger partial charge >= 0.3 is 0 Å². The molecule has 2 heterocycles. The standard InChI is InChI=1S/C17H26N4O2S/c1-12-10-15(22)20-17(18-12)21-8-6-13(7-9-21)19-16(23)11-24-14-4-2-3-5-14/h10,13-14H,2-9,11H2,1H3,(H,19,23)(H,18,20,22). The number of carbonyl (C=O) groups is 1. The highest BCUT2D eigenvalue weighted by molar-refractivity contribution is 8.00. The van der Waals surface area contributed by atoms with Gasteiger partial charge in [-0.25, -0.2) is 4.98 Å². The minimum Gasteiger partial charge on any atom is -0.353 e. The summed E-state index contributed by atoms with van der Waals surface area (Å²) in [5, 5.41) is 3.84. The maximum absolute atomic E-state index is 12.1. The fourth-order valence-corrected chi connectivity index (χ4v) is 4.60. The average molecular weight is 350 g/mol. The number of aromatic nitrogens is 2. The molecule has 0 radical (unpaired) electrons. The number of H-pyrrole nitrogens is 1. The third-order valence-corrected chi connectivity index (χ3v) is 6.14. The van der Waals surface area contributed by atoms with E-state index in [0.717, 1.165) is 31.6 Å². The monoisotopic (exact) mass is 350 g/mol. The van der Waals surface area contributed by atoms with Gasteiger partial charge in [0.2, 0.25) is 11.9 Å². The molecule has 0 aromatic carbocycles. The number of thioether (sulfide) groups is 1. The summed E-state index contributed by atoms with van der Waals surface area (Å²) < 4.78 is 0. The molecule has 2 N–H and O–H groups in total. The molecule has 2 fully saturated rings. The van der Waals surface area contributed by atoms with Crippen LogP contribution >= 0.6 is 11.8 Å². The van der Waals surface area contributed by atoms with Gasteiger partial charge < -0.3 is 10.2 Å². The number of hydrogen-bond acceptors (Lipinski definition) is 5.